The quantitative estimate of drug-likeness (QED) is 0.844. The Morgan fingerprint density at radius 2 is 2.08 bits per heavy atom. The molecule has 1 aromatic heterocycles. The van der Waals surface area contributed by atoms with Gasteiger partial charge < -0.3 is 4.90 Å². The average molecular weight is 391 g/mol. The van der Waals surface area contributed by atoms with Crippen LogP contribution < -0.4 is 10.2 Å². The Morgan fingerprint density at radius 3 is 2.85 bits per heavy atom. The van der Waals surface area contributed by atoms with Crippen LogP contribution in [0.1, 0.15) is 41.0 Å². The molecule has 2 aromatic rings. The number of aryl methyl sites for hydroxylation is 1. The fourth-order valence-electron chi connectivity index (χ4n) is 3.14. The molecular formula is C16H17N5O3S2. The van der Waals surface area contributed by atoms with Gasteiger partial charge in [-0.05, 0) is 38.0 Å². The van der Waals surface area contributed by atoms with Gasteiger partial charge in [0.2, 0.25) is 5.13 Å². The first kappa shape index (κ1) is 17.1. The number of carbonyl (C=O) groups is 1. The van der Waals surface area contributed by atoms with Gasteiger partial charge in [0.25, 0.3) is 15.9 Å². The molecule has 1 aromatic carbocycles. The SMILES string of the molecule is Cc1nnc(NC(=O)c2ccc3c(c2)S(=O)(=O)N=C2CCCCCN23)s1. The summed E-state index contributed by atoms with van der Waals surface area (Å²) in [5.74, 6) is 0.168. The Labute approximate surface area is 155 Å². The van der Waals surface area contributed by atoms with Crippen molar-refractivity contribution in [2.24, 2.45) is 4.40 Å². The highest BCUT2D eigenvalue weighted by atomic mass is 32.2. The second kappa shape index (κ2) is 6.44. The molecule has 1 saturated heterocycles. The molecule has 0 unspecified atom stereocenters. The standard InChI is InChI=1S/C16H17N5O3S2/c1-10-18-19-16(25-10)17-15(22)11-6-7-12-13(9-11)26(23,24)20-14-5-3-2-4-8-21(12)14/h6-7,9H,2-5,8H2,1H3,(H,17,19,22). The molecule has 8 nitrogen and oxygen atoms in total. The van der Waals surface area contributed by atoms with Crippen LogP contribution in [0.25, 0.3) is 0 Å². The van der Waals surface area contributed by atoms with Gasteiger partial charge in [-0.2, -0.15) is 8.42 Å². The number of amidine groups is 1. The lowest BCUT2D eigenvalue weighted by Gasteiger charge is -2.29. The van der Waals surface area contributed by atoms with Crippen molar-refractivity contribution in [3.05, 3.63) is 28.8 Å². The summed E-state index contributed by atoms with van der Waals surface area (Å²) in [6.45, 7) is 2.52. The second-order valence-electron chi connectivity index (χ2n) is 6.21. The summed E-state index contributed by atoms with van der Waals surface area (Å²) in [6, 6.07) is 4.71. The maximum absolute atomic E-state index is 12.6. The number of benzene rings is 1. The van der Waals surface area contributed by atoms with E-state index < -0.39 is 15.9 Å². The minimum Gasteiger partial charge on any atom is -0.328 e. The molecule has 0 bridgehead atoms. The van der Waals surface area contributed by atoms with Gasteiger partial charge in [0.1, 0.15) is 15.7 Å². The summed E-state index contributed by atoms with van der Waals surface area (Å²) < 4.78 is 29.2. The highest BCUT2D eigenvalue weighted by Crippen LogP contribution is 2.35. The number of nitrogens with zero attached hydrogens (tertiary/aromatic N) is 4. The summed E-state index contributed by atoms with van der Waals surface area (Å²) in [7, 11) is -3.81. The van der Waals surface area contributed by atoms with E-state index in [-0.39, 0.29) is 10.5 Å². The van der Waals surface area contributed by atoms with Crippen LogP contribution in [-0.4, -0.2) is 36.9 Å². The summed E-state index contributed by atoms with van der Waals surface area (Å²) >= 11 is 1.25. The maximum atomic E-state index is 12.6. The highest BCUT2D eigenvalue weighted by Gasteiger charge is 2.32. The third kappa shape index (κ3) is 3.10. The van der Waals surface area contributed by atoms with Crippen LogP contribution >= 0.6 is 11.3 Å². The molecule has 2 aliphatic rings. The van der Waals surface area contributed by atoms with Crippen molar-refractivity contribution >= 4 is 43.9 Å². The summed E-state index contributed by atoms with van der Waals surface area (Å²) in [5, 5.41) is 11.4. The third-order valence-electron chi connectivity index (χ3n) is 4.36. The lowest BCUT2D eigenvalue weighted by atomic mass is 10.1. The minimum atomic E-state index is -3.81. The third-order valence-corrected chi connectivity index (χ3v) is 6.44. The zero-order chi connectivity index (χ0) is 18.3. The molecule has 3 heterocycles. The van der Waals surface area contributed by atoms with Crippen LogP contribution in [-0.2, 0) is 10.0 Å². The molecule has 1 amide bonds. The topological polar surface area (TPSA) is 105 Å². The Balaban J connectivity index is 1.70. The van der Waals surface area contributed by atoms with Gasteiger partial charge in [-0.25, -0.2) is 0 Å². The summed E-state index contributed by atoms with van der Waals surface area (Å²) in [4.78, 5) is 14.5. The lowest BCUT2D eigenvalue weighted by Crippen LogP contribution is -2.35. The van der Waals surface area contributed by atoms with Crippen molar-refractivity contribution in [2.75, 3.05) is 16.8 Å². The Kier molecular flexibility index (Phi) is 4.23. The molecule has 0 radical (unpaired) electrons. The van der Waals surface area contributed by atoms with E-state index in [0.717, 1.165) is 30.8 Å². The number of hydrogen-bond donors (Lipinski definition) is 1. The smallest absolute Gasteiger partial charge is 0.286 e. The van der Waals surface area contributed by atoms with Gasteiger partial charge in [-0.3, -0.25) is 10.1 Å². The molecule has 0 spiro atoms. The van der Waals surface area contributed by atoms with Gasteiger partial charge in [-0.1, -0.05) is 17.8 Å². The van der Waals surface area contributed by atoms with Gasteiger partial charge >= 0.3 is 0 Å². The molecule has 0 saturated carbocycles. The fourth-order valence-corrected chi connectivity index (χ4v) is 5.01. The molecule has 26 heavy (non-hydrogen) atoms. The van der Waals surface area contributed by atoms with E-state index in [1.54, 1.807) is 19.1 Å². The Morgan fingerprint density at radius 1 is 1.23 bits per heavy atom. The number of sulfonamides is 1. The van der Waals surface area contributed by atoms with Gasteiger partial charge in [0, 0.05) is 18.5 Å². The number of rotatable bonds is 2. The molecule has 0 aliphatic carbocycles. The first-order chi connectivity index (χ1) is 12.4. The zero-order valence-corrected chi connectivity index (χ0v) is 15.7. The van der Waals surface area contributed by atoms with Crippen molar-refractivity contribution in [1.82, 2.24) is 10.2 Å². The molecule has 2 aliphatic heterocycles. The fraction of sp³-hybridized carbons (Fsp3) is 0.375. The van der Waals surface area contributed by atoms with Gasteiger partial charge in [0.05, 0.1) is 5.69 Å². The monoisotopic (exact) mass is 391 g/mol. The lowest BCUT2D eigenvalue weighted by molar-refractivity contribution is 0.102. The maximum Gasteiger partial charge on any atom is 0.286 e. The van der Waals surface area contributed by atoms with Crippen molar-refractivity contribution in [3.63, 3.8) is 0 Å². The number of anilines is 2. The number of nitrogens with one attached hydrogen (secondary N) is 1. The van der Waals surface area contributed by atoms with E-state index >= 15 is 0 Å². The first-order valence-corrected chi connectivity index (χ1v) is 10.6. The molecule has 4 rings (SSSR count). The zero-order valence-electron chi connectivity index (χ0n) is 14.1. The molecule has 1 fully saturated rings. The van der Waals surface area contributed by atoms with E-state index in [1.807, 2.05) is 4.90 Å². The highest BCUT2D eigenvalue weighted by molar-refractivity contribution is 7.90. The van der Waals surface area contributed by atoms with Gasteiger partial charge in [0.15, 0.2) is 0 Å². The van der Waals surface area contributed by atoms with Crippen LogP contribution in [0.2, 0.25) is 0 Å². The predicted octanol–water partition coefficient (Wildman–Crippen LogP) is 2.58. The van der Waals surface area contributed by atoms with Crippen molar-refractivity contribution in [3.8, 4) is 0 Å². The van der Waals surface area contributed by atoms with Crippen LogP contribution in [0.15, 0.2) is 27.5 Å². The molecular weight excluding hydrogens is 374 g/mol. The van der Waals surface area contributed by atoms with E-state index in [9.17, 15) is 13.2 Å². The number of fused-ring (bicyclic) bond motifs is 3. The minimum absolute atomic E-state index is 0.0734. The van der Waals surface area contributed by atoms with Crippen molar-refractivity contribution in [1.29, 1.82) is 0 Å². The van der Waals surface area contributed by atoms with E-state index in [1.165, 1.54) is 17.4 Å². The van der Waals surface area contributed by atoms with Crippen molar-refractivity contribution in [2.45, 2.75) is 37.5 Å². The second-order valence-corrected chi connectivity index (χ2v) is 8.96. The predicted molar refractivity (Wildman–Crippen MR) is 99.5 cm³/mol. The van der Waals surface area contributed by atoms with Crippen LogP contribution in [0.5, 0.6) is 0 Å². The normalized spacial score (nSPS) is 18.3. The van der Waals surface area contributed by atoms with Crippen LogP contribution in [0, 0.1) is 6.92 Å². The summed E-state index contributed by atoms with van der Waals surface area (Å²) in [5.41, 5.74) is 0.842. The molecule has 0 atom stereocenters. The van der Waals surface area contributed by atoms with Crippen LogP contribution in [0.4, 0.5) is 10.8 Å². The first-order valence-electron chi connectivity index (χ1n) is 8.31. The van der Waals surface area contributed by atoms with Gasteiger partial charge in [-0.15, -0.1) is 14.6 Å². The number of hydrogen-bond acceptors (Lipinski definition) is 7. The molecule has 136 valence electrons. The number of aromatic nitrogens is 2. The Hall–Kier alpha value is -2.33. The average Bonchev–Trinajstić information content (AvgIpc) is 2.87. The number of carbonyl (C=O) groups excluding carboxylic acids is 1. The molecule has 10 heteroatoms. The van der Waals surface area contributed by atoms with Crippen molar-refractivity contribution < 1.29 is 13.2 Å². The Bertz CT molecular complexity index is 1010. The van der Waals surface area contributed by atoms with E-state index in [2.05, 4.69) is 19.9 Å². The van der Waals surface area contributed by atoms with Crippen LogP contribution in [0.3, 0.4) is 0 Å². The molecule has 1 N–H and O–H groups in total. The van der Waals surface area contributed by atoms with E-state index in [0.29, 0.717) is 23.1 Å². The van der Waals surface area contributed by atoms with E-state index in [4.69, 9.17) is 0 Å². The number of amides is 1. The summed E-state index contributed by atoms with van der Waals surface area (Å²) in [6.07, 6.45) is 3.61. The largest absolute Gasteiger partial charge is 0.328 e.